The van der Waals surface area contributed by atoms with E-state index in [0.717, 1.165) is 24.3 Å². The highest BCUT2D eigenvalue weighted by Crippen LogP contribution is 2.32. The molecule has 1 aliphatic carbocycles. The summed E-state index contributed by atoms with van der Waals surface area (Å²) in [4.78, 5) is 11.2. The highest BCUT2D eigenvalue weighted by Gasteiger charge is 2.45. The van der Waals surface area contributed by atoms with Crippen LogP contribution in [0, 0.1) is 0 Å². The first-order valence-corrected chi connectivity index (χ1v) is 5.56. The molecule has 1 aliphatic rings. The molecule has 1 aromatic carbocycles. The first-order valence-electron chi connectivity index (χ1n) is 5.56. The predicted octanol–water partition coefficient (Wildman–Crippen LogP) is -0.452. The van der Waals surface area contributed by atoms with E-state index in [1.54, 1.807) is 0 Å². The van der Waals surface area contributed by atoms with Crippen molar-refractivity contribution in [1.29, 1.82) is 0 Å². The summed E-state index contributed by atoms with van der Waals surface area (Å²) in [6.07, 6.45) is -0.203. The molecule has 1 aromatic rings. The van der Waals surface area contributed by atoms with Gasteiger partial charge < -0.3 is 30.6 Å². The van der Waals surface area contributed by atoms with Crippen LogP contribution < -0.4 is 0 Å². The van der Waals surface area contributed by atoms with Gasteiger partial charge in [0.1, 0.15) is 11.9 Å². The second-order valence-electron chi connectivity index (χ2n) is 4.33. The van der Waals surface area contributed by atoms with Crippen LogP contribution in [0.4, 0.5) is 0 Å². The quantitative estimate of drug-likeness (QED) is 0.232. The standard InChI is InChI=1S/C13H12O7/c14-8-3-1-6(5-9(8)15)11(17)7-2-4-10(16)13(19,20)12(7)18/h1-5,12,14-15,17-20H. The number of aliphatic hydroxyl groups excluding tert-OH is 2. The Labute approximate surface area is 113 Å². The average Bonchev–Trinajstić information content (AvgIpc) is 2.39. The molecule has 7 nitrogen and oxygen atoms in total. The lowest BCUT2D eigenvalue weighted by Crippen LogP contribution is -2.51. The molecular weight excluding hydrogens is 268 g/mol. The minimum atomic E-state index is -3.03. The highest BCUT2D eigenvalue weighted by atomic mass is 16.5. The van der Waals surface area contributed by atoms with E-state index in [-0.39, 0.29) is 11.1 Å². The van der Waals surface area contributed by atoms with Gasteiger partial charge in [0.05, 0.1) is 0 Å². The molecule has 2 rings (SSSR count). The molecule has 0 saturated heterocycles. The fraction of sp³-hybridized carbons (Fsp3) is 0.154. The van der Waals surface area contributed by atoms with Crippen LogP contribution in [0.2, 0.25) is 0 Å². The van der Waals surface area contributed by atoms with E-state index >= 15 is 0 Å². The van der Waals surface area contributed by atoms with Crippen LogP contribution in [0.15, 0.2) is 35.9 Å². The van der Waals surface area contributed by atoms with Crippen LogP contribution in [0.25, 0.3) is 5.76 Å². The van der Waals surface area contributed by atoms with Gasteiger partial charge in [0.2, 0.25) is 5.78 Å². The van der Waals surface area contributed by atoms with Crippen LogP contribution >= 0.6 is 0 Å². The van der Waals surface area contributed by atoms with Crippen molar-refractivity contribution in [3.8, 4) is 11.5 Å². The van der Waals surface area contributed by atoms with E-state index in [9.17, 15) is 30.3 Å². The summed E-state index contributed by atoms with van der Waals surface area (Å²) < 4.78 is 0. The molecule has 0 heterocycles. The Bertz CT molecular complexity index is 628. The van der Waals surface area contributed by atoms with Gasteiger partial charge in [0.15, 0.2) is 11.5 Å². The van der Waals surface area contributed by atoms with Gasteiger partial charge in [-0.2, -0.15) is 0 Å². The van der Waals surface area contributed by atoms with Gasteiger partial charge in [0.25, 0.3) is 5.79 Å². The number of hydrogen-bond donors (Lipinski definition) is 6. The first-order chi connectivity index (χ1) is 9.25. The number of phenols is 2. The molecule has 0 aliphatic heterocycles. The Morgan fingerprint density at radius 1 is 1.10 bits per heavy atom. The van der Waals surface area contributed by atoms with Crippen molar-refractivity contribution in [2.45, 2.75) is 11.9 Å². The maximum Gasteiger partial charge on any atom is 0.259 e. The smallest absolute Gasteiger partial charge is 0.259 e. The van der Waals surface area contributed by atoms with Crippen molar-refractivity contribution in [3.63, 3.8) is 0 Å². The van der Waals surface area contributed by atoms with Crippen molar-refractivity contribution < 1.29 is 35.4 Å². The van der Waals surface area contributed by atoms with Gasteiger partial charge in [0, 0.05) is 11.1 Å². The molecule has 0 bridgehead atoms. The number of phenolic OH excluding ortho intramolecular Hbond substituents is 2. The minimum absolute atomic E-state index is 0.0177. The lowest BCUT2D eigenvalue weighted by molar-refractivity contribution is -0.208. The molecule has 106 valence electrons. The van der Waals surface area contributed by atoms with Crippen LogP contribution in [0.3, 0.4) is 0 Å². The third kappa shape index (κ3) is 2.14. The number of ketones is 1. The molecule has 6 N–H and O–H groups in total. The third-order valence-electron chi connectivity index (χ3n) is 2.98. The Morgan fingerprint density at radius 3 is 2.35 bits per heavy atom. The van der Waals surface area contributed by atoms with Gasteiger partial charge in [-0.1, -0.05) is 0 Å². The molecule has 0 amide bonds. The fourth-order valence-corrected chi connectivity index (χ4v) is 1.78. The lowest BCUT2D eigenvalue weighted by atomic mass is 9.89. The van der Waals surface area contributed by atoms with Crippen molar-refractivity contribution in [1.82, 2.24) is 0 Å². The Morgan fingerprint density at radius 2 is 1.75 bits per heavy atom. The second kappa shape index (κ2) is 4.64. The van der Waals surface area contributed by atoms with E-state index in [2.05, 4.69) is 0 Å². The summed E-state index contributed by atoms with van der Waals surface area (Å²) >= 11 is 0. The lowest BCUT2D eigenvalue weighted by Gasteiger charge is -2.29. The first kappa shape index (κ1) is 14.1. The summed E-state index contributed by atoms with van der Waals surface area (Å²) in [5, 5.41) is 57.1. The van der Waals surface area contributed by atoms with E-state index in [1.165, 1.54) is 6.07 Å². The normalized spacial score (nSPS) is 23.8. The maximum absolute atomic E-state index is 11.2. The van der Waals surface area contributed by atoms with Crippen LogP contribution in [0.5, 0.6) is 11.5 Å². The van der Waals surface area contributed by atoms with Crippen molar-refractivity contribution in [2.75, 3.05) is 0 Å². The van der Waals surface area contributed by atoms with Crippen molar-refractivity contribution in [3.05, 3.63) is 41.5 Å². The number of aromatic hydroxyl groups is 2. The number of aliphatic hydroxyl groups is 4. The summed E-state index contributed by atoms with van der Waals surface area (Å²) in [5.41, 5.74) is -0.288. The zero-order valence-electron chi connectivity index (χ0n) is 10.1. The average molecular weight is 280 g/mol. The van der Waals surface area contributed by atoms with E-state index in [1.807, 2.05) is 0 Å². The Balaban J connectivity index is 2.54. The second-order valence-corrected chi connectivity index (χ2v) is 4.33. The largest absolute Gasteiger partial charge is 0.507 e. The van der Waals surface area contributed by atoms with Gasteiger partial charge >= 0.3 is 0 Å². The number of benzene rings is 1. The Kier molecular flexibility index (Phi) is 3.26. The van der Waals surface area contributed by atoms with Gasteiger partial charge in [-0.25, -0.2) is 0 Å². The molecule has 0 aromatic heterocycles. The zero-order chi connectivity index (χ0) is 15.1. The fourth-order valence-electron chi connectivity index (χ4n) is 1.78. The number of carbonyl (C=O) groups is 1. The molecule has 0 spiro atoms. The maximum atomic E-state index is 11.2. The summed E-state index contributed by atoms with van der Waals surface area (Å²) in [5.74, 6) is -5.62. The number of carbonyl (C=O) groups excluding carboxylic acids is 1. The van der Waals surface area contributed by atoms with Gasteiger partial charge in [-0.3, -0.25) is 4.79 Å². The van der Waals surface area contributed by atoms with Gasteiger partial charge in [-0.05, 0) is 30.4 Å². The minimum Gasteiger partial charge on any atom is -0.507 e. The van der Waals surface area contributed by atoms with E-state index < -0.39 is 34.9 Å². The molecule has 0 fully saturated rings. The highest BCUT2D eigenvalue weighted by molar-refractivity contribution is 5.99. The molecule has 1 unspecified atom stereocenters. The summed E-state index contributed by atoms with van der Waals surface area (Å²) in [6, 6.07) is 3.37. The molecule has 0 saturated carbocycles. The Hall–Kier alpha value is -2.35. The van der Waals surface area contributed by atoms with Crippen molar-refractivity contribution >= 4 is 11.5 Å². The van der Waals surface area contributed by atoms with Crippen molar-refractivity contribution in [2.24, 2.45) is 0 Å². The van der Waals surface area contributed by atoms with E-state index in [0.29, 0.717) is 0 Å². The molecule has 1 atom stereocenters. The summed E-state index contributed by atoms with van der Waals surface area (Å²) in [7, 11) is 0. The van der Waals surface area contributed by atoms with Crippen LogP contribution in [-0.4, -0.2) is 48.3 Å². The molecular formula is C13H12O7. The van der Waals surface area contributed by atoms with E-state index in [4.69, 9.17) is 5.11 Å². The molecule has 20 heavy (non-hydrogen) atoms. The number of hydrogen-bond acceptors (Lipinski definition) is 7. The number of rotatable bonds is 1. The summed E-state index contributed by atoms with van der Waals surface area (Å²) in [6.45, 7) is 0. The third-order valence-corrected chi connectivity index (χ3v) is 2.98. The topological polar surface area (TPSA) is 138 Å². The SMILES string of the molecule is O=C1C=CC(=C(O)c2ccc(O)c(O)c2)C(O)C1(O)O. The van der Waals surface area contributed by atoms with Crippen LogP contribution in [0.1, 0.15) is 5.56 Å². The predicted molar refractivity (Wildman–Crippen MR) is 66.6 cm³/mol. The molecule has 7 heteroatoms. The molecule has 0 radical (unpaired) electrons. The van der Waals surface area contributed by atoms with Gasteiger partial charge in [-0.15, -0.1) is 0 Å². The van der Waals surface area contributed by atoms with Crippen LogP contribution in [-0.2, 0) is 4.79 Å². The zero-order valence-corrected chi connectivity index (χ0v) is 10.1. The monoisotopic (exact) mass is 280 g/mol.